The van der Waals surface area contributed by atoms with Crippen molar-refractivity contribution in [1.29, 1.82) is 0 Å². The van der Waals surface area contributed by atoms with Gasteiger partial charge in [-0.05, 0) is 19.1 Å². The quantitative estimate of drug-likeness (QED) is 0.830. The second kappa shape index (κ2) is 4.45. The van der Waals surface area contributed by atoms with Crippen LogP contribution in [0.2, 0.25) is 0 Å². The van der Waals surface area contributed by atoms with Gasteiger partial charge in [-0.15, -0.1) is 0 Å². The number of rotatable bonds is 2. The highest BCUT2D eigenvalue weighted by molar-refractivity contribution is 5.76. The van der Waals surface area contributed by atoms with E-state index in [0.29, 0.717) is 0 Å². The van der Waals surface area contributed by atoms with E-state index in [2.05, 4.69) is 15.3 Å². The minimum atomic E-state index is -0.141. The fourth-order valence-corrected chi connectivity index (χ4v) is 1.56. The summed E-state index contributed by atoms with van der Waals surface area (Å²) in [6.07, 6.45) is 0. The van der Waals surface area contributed by atoms with Crippen LogP contribution in [0.3, 0.4) is 0 Å². The standard InChI is InChI=1S/C12H16N4O/c1-8(13-12(17)16(2)3)11-14-9-6-4-5-7-10(9)15-11/h4-8H,1-3H3,(H,13,17)(H,14,15). The molecule has 0 bridgehead atoms. The van der Waals surface area contributed by atoms with Crippen molar-refractivity contribution in [2.24, 2.45) is 0 Å². The molecule has 0 spiro atoms. The van der Waals surface area contributed by atoms with Gasteiger partial charge in [0.2, 0.25) is 0 Å². The summed E-state index contributed by atoms with van der Waals surface area (Å²) < 4.78 is 0. The average molecular weight is 232 g/mol. The number of carbonyl (C=O) groups is 1. The lowest BCUT2D eigenvalue weighted by Gasteiger charge is -2.15. The highest BCUT2D eigenvalue weighted by Crippen LogP contribution is 2.15. The summed E-state index contributed by atoms with van der Waals surface area (Å²) in [4.78, 5) is 20.6. The topological polar surface area (TPSA) is 61.0 Å². The van der Waals surface area contributed by atoms with Crippen LogP contribution in [0.5, 0.6) is 0 Å². The van der Waals surface area contributed by atoms with Gasteiger partial charge < -0.3 is 15.2 Å². The van der Waals surface area contributed by atoms with E-state index < -0.39 is 0 Å². The molecule has 17 heavy (non-hydrogen) atoms. The molecular formula is C12H16N4O. The number of imidazole rings is 1. The Hall–Kier alpha value is -2.04. The van der Waals surface area contributed by atoms with Crippen LogP contribution in [-0.4, -0.2) is 35.0 Å². The van der Waals surface area contributed by atoms with Gasteiger partial charge in [0.05, 0.1) is 17.1 Å². The summed E-state index contributed by atoms with van der Waals surface area (Å²) >= 11 is 0. The Labute approximate surface area is 99.8 Å². The van der Waals surface area contributed by atoms with Crippen LogP contribution < -0.4 is 5.32 Å². The van der Waals surface area contributed by atoms with Crippen molar-refractivity contribution in [2.75, 3.05) is 14.1 Å². The fraction of sp³-hybridized carbons (Fsp3) is 0.333. The molecule has 2 rings (SSSR count). The third-order valence-electron chi connectivity index (χ3n) is 2.56. The lowest BCUT2D eigenvalue weighted by molar-refractivity contribution is 0.213. The van der Waals surface area contributed by atoms with Crippen LogP contribution in [-0.2, 0) is 0 Å². The number of hydrogen-bond donors (Lipinski definition) is 2. The molecule has 1 aromatic carbocycles. The van der Waals surface area contributed by atoms with Gasteiger partial charge in [0.25, 0.3) is 0 Å². The van der Waals surface area contributed by atoms with Gasteiger partial charge >= 0.3 is 6.03 Å². The van der Waals surface area contributed by atoms with Crippen molar-refractivity contribution in [3.63, 3.8) is 0 Å². The van der Waals surface area contributed by atoms with Crippen LogP contribution in [0.15, 0.2) is 24.3 Å². The Balaban J connectivity index is 2.19. The maximum absolute atomic E-state index is 11.5. The van der Waals surface area contributed by atoms with Gasteiger partial charge in [-0.2, -0.15) is 0 Å². The van der Waals surface area contributed by atoms with E-state index in [9.17, 15) is 4.79 Å². The molecule has 2 amide bonds. The first-order chi connectivity index (χ1) is 8.08. The average Bonchev–Trinajstić information content (AvgIpc) is 2.72. The third kappa shape index (κ3) is 2.38. The minimum absolute atomic E-state index is 0.127. The summed E-state index contributed by atoms with van der Waals surface area (Å²) in [5, 5.41) is 2.85. The molecule has 0 saturated heterocycles. The van der Waals surface area contributed by atoms with Crippen molar-refractivity contribution in [3.05, 3.63) is 30.1 Å². The molecule has 0 fully saturated rings. The van der Waals surface area contributed by atoms with Crippen LogP contribution >= 0.6 is 0 Å². The molecule has 0 aliphatic rings. The zero-order valence-corrected chi connectivity index (χ0v) is 10.2. The number of carbonyl (C=O) groups excluding carboxylic acids is 1. The van der Waals surface area contributed by atoms with Gasteiger partial charge in [0.15, 0.2) is 0 Å². The Kier molecular flexibility index (Phi) is 2.99. The SMILES string of the molecule is CC(NC(=O)N(C)C)c1nc2ccccc2[nH]1. The number of amides is 2. The molecule has 5 nitrogen and oxygen atoms in total. The number of nitrogens with one attached hydrogen (secondary N) is 2. The van der Waals surface area contributed by atoms with Crippen molar-refractivity contribution >= 4 is 17.1 Å². The molecule has 2 N–H and O–H groups in total. The molecule has 0 radical (unpaired) electrons. The van der Waals surface area contributed by atoms with E-state index in [-0.39, 0.29) is 12.1 Å². The Morgan fingerprint density at radius 1 is 1.41 bits per heavy atom. The highest BCUT2D eigenvalue weighted by atomic mass is 16.2. The van der Waals surface area contributed by atoms with Gasteiger partial charge in [0, 0.05) is 14.1 Å². The Morgan fingerprint density at radius 2 is 2.12 bits per heavy atom. The molecule has 90 valence electrons. The van der Waals surface area contributed by atoms with Gasteiger partial charge in [-0.25, -0.2) is 9.78 Å². The summed E-state index contributed by atoms with van der Waals surface area (Å²) in [5.41, 5.74) is 1.89. The first-order valence-electron chi connectivity index (χ1n) is 5.50. The number of fused-ring (bicyclic) bond motifs is 1. The second-order valence-corrected chi connectivity index (χ2v) is 4.20. The van der Waals surface area contributed by atoms with E-state index >= 15 is 0 Å². The van der Waals surface area contributed by atoms with Gasteiger partial charge in [-0.3, -0.25) is 0 Å². The van der Waals surface area contributed by atoms with E-state index in [1.54, 1.807) is 14.1 Å². The second-order valence-electron chi connectivity index (χ2n) is 4.20. The molecule has 5 heteroatoms. The maximum Gasteiger partial charge on any atom is 0.317 e. The molecule has 0 saturated carbocycles. The fourth-order valence-electron chi connectivity index (χ4n) is 1.56. The molecule has 1 heterocycles. The molecule has 2 aromatic rings. The zero-order valence-electron chi connectivity index (χ0n) is 10.2. The maximum atomic E-state index is 11.5. The number of aromatic nitrogens is 2. The van der Waals surface area contributed by atoms with Crippen LogP contribution in [0.25, 0.3) is 11.0 Å². The highest BCUT2D eigenvalue weighted by Gasteiger charge is 2.14. The van der Waals surface area contributed by atoms with Crippen LogP contribution in [0.1, 0.15) is 18.8 Å². The summed E-state index contributed by atoms with van der Waals surface area (Å²) in [5.74, 6) is 0.765. The Bertz CT molecular complexity index is 499. The smallest absolute Gasteiger partial charge is 0.317 e. The van der Waals surface area contributed by atoms with Gasteiger partial charge in [-0.1, -0.05) is 12.1 Å². The summed E-state index contributed by atoms with van der Waals surface area (Å²) in [6.45, 7) is 1.90. The third-order valence-corrected chi connectivity index (χ3v) is 2.56. The monoisotopic (exact) mass is 232 g/mol. The number of H-pyrrole nitrogens is 1. The number of hydrogen-bond acceptors (Lipinski definition) is 2. The molecule has 1 atom stereocenters. The van der Waals surface area contributed by atoms with Crippen LogP contribution in [0, 0.1) is 0 Å². The predicted octanol–water partition coefficient (Wildman–Crippen LogP) is 1.90. The normalized spacial score (nSPS) is 12.4. The van der Waals surface area contributed by atoms with Crippen molar-refractivity contribution < 1.29 is 4.79 Å². The van der Waals surface area contributed by atoms with Crippen LogP contribution in [0.4, 0.5) is 4.79 Å². The van der Waals surface area contributed by atoms with Crippen molar-refractivity contribution in [1.82, 2.24) is 20.2 Å². The minimum Gasteiger partial charge on any atom is -0.340 e. The van der Waals surface area contributed by atoms with E-state index in [1.165, 1.54) is 4.90 Å². The molecule has 0 aliphatic heterocycles. The number of nitrogens with zero attached hydrogens (tertiary/aromatic N) is 2. The summed E-state index contributed by atoms with van der Waals surface area (Å²) in [6, 6.07) is 7.53. The molecule has 0 aliphatic carbocycles. The van der Waals surface area contributed by atoms with Gasteiger partial charge in [0.1, 0.15) is 5.82 Å². The molecule has 1 aromatic heterocycles. The Morgan fingerprint density at radius 3 is 2.76 bits per heavy atom. The zero-order chi connectivity index (χ0) is 12.4. The number of aromatic amines is 1. The largest absolute Gasteiger partial charge is 0.340 e. The number of benzene rings is 1. The number of urea groups is 1. The van der Waals surface area contributed by atoms with E-state index in [4.69, 9.17) is 0 Å². The first-order valence-corrected chi connectivity index (χ1v) is 5.50. The predicted molar refractivity (Wildman–Crippen MR) is 66.7 cm³/mol. The lowest BCUT2D eigenvalue weighted by Crippen LogP contribution is -2.36. The van der Waals surface area contributed by atoms with E-state index in [1.807, 2.05) is 31.2 Å². The first kappa shape index (κ1) is 11.4. The summed E-state index contributed by atoms with van der Waals surface area (Å²) in [7, 11) is 3.42. The lowest BCUT2D eigenvalue weighted by atomic mass is 10.3. The molecular weight excluding hydrogens is 216 g/mol. The number of para-hydroxylation sites is 2. The molecule has 1 unspecified atom stereocenters. The van der Waals surface area contributed by atoms with E-state index in [0.717, 1.165) is 16.9 Å². The van der Waals surface area contributed by atoms with Crippen molar-refractivity contribution in [2.45, 2.75) is 13.0 Å². The van der Waals surface area contributed by atoms with Crippen molar-refractivity contribution in [3.8, 4) is 0 Å².